The van der Waals surface area contributed by atoms with Crippen LogP contribution in [0.2, 0.25) is 0 Å². The Morgan fingerprint density at radius 2 is 2.11 bits per heavy atom. The second kappa shape index (κ2) is 8.55. The van der Waals surface area contributed by atoms with Crippen LogP contribution in [0, 0.1) is 0 Å². The van der Waals surface area contributed by atoms with Crippen LogP contribution in [-0.4, -0.2) is 44.8 Å². The molecule has 3 aromatic rings. The third kappa shape index (κ3) is 4.30. The molecule has 1 N–H and O–H groups in total. The monoisotopic (exact) mass is 384 g/mol. The van der Waals surface area contributed by atoms with E-state index in [9.17, 15) is 4.79 Å². The molecule has 148 valence electrons. The van der Waals surface area contributed by atoms with Crippen molar-refractivity contribution in [3.8, 4) is 17.1 Å². The number of nitrogens with one attached hydrogen (secondary N) is 1. The van der Waals surface area contributed by atoms with E-state index in [0.717, 1.165) is 23.7 Å². The average molecular weight is 384 g/mol. The fourth-order valence-electron chi connectivity index (χ4n) is 2.69. The maximum Gasteiger partial charge on any atom is 0.318 e. The lowest BCUT2D eigenvalue weighted by Gasteiger charge is -2.20. The lowest BCUT2D eigenvalue weighted by molar-refractivity contribution is 0.198. The van der Waals surface area contributed by atoms with Gasteiger partial charge in [0.2, 0.25) is 11.7 Å². The van der Waals surface area contributed by atoms with E-state index in [1.54, 1.807) is 32.2 Å². The number of imidazole rings is 1. The van der Waals surface area contributed by atoms with E-state index in [1.807, 2.05) is 42.0 Å². The highest BCUT2D eigenvalue weighted by atomic mass is 16.5. The summed E-state index contributed by atoms with van der Waals surface area (Å²) in [5, 5.41) is 6.86. The Bertz CT molecular complexity index is 918. The Morgan fingerprint density at radius 1 is 1.36 bits per heavy atom. The molecule has 0 aliphatic rings. The van der Waals surface area contributed by atoms with Crippen molar-refractivity contribution in [1.82, 2.24) is 29.9 Å². The van der Waals surface area contributed by atoms with E-state index in [2.05, 4.69) is 20.4 Å². The first-order valence-corrected chi connectivity index (χ1v) is 9.01. The highest BCUT2D eigenvalue weighted by Gasteiger charge is 2.20. The molecule has 9 nitrogen and oxygen atoms in total. The molecule has 1 aromatic carbocycles. The van der Waals surface area contributed by atoms with Crippen molar-refractivity contribution in [1.29, 1.82) is 0 Å². The van der Waals surface area contributed by atoms with Crippen LogP contribution >= 0.6 is 0 Å². The molecule has 0 spiro atoms. The van der Waals surface area contributed by atoms with Gasteiger partial charge in [-0.3, -0.25) is 0 Å². The number of aryl methyl sites for hydroxylation is 1. The van der Waals surface area contributed by atoms with Gasteiger partial charge in [-0.25, -0.2) is 9.78 Å². The number of rotatable bonds is 7. The highest BCUT2D eigenvalue weighted by molar-refractivity contribution is 5.74. The van der Waals surface area contributed by atoms with Crippen molar-refractivity contribution >= 4 is 6.03 Å². The summed E-state index contributed by atoms with van der Waals surface area (Å²) in [4.78, 5) is 22.7. The van der Waals surface area contributed by atoms with E-state index >= 15 is 0 Å². The number of urea groups is 1. The van der Waals surface area contributed by atoms with Crippen molar-refractivity contribution in [2.75, 3.05) is 14.2 Å². The molecule has 0 unspecified atom stereocenters. The molecule has 0 saturated carbocycles. The second-order valence-electron chi connectivity index (χ2n) is 6.34. The summed E-state index contributed by atoms with van der Waals surface area (Å²) in [5.41, 5.74) is 0.804. The fraction of sp³-hybridized carbons (Fsp3) is 0.368. The third-order valence-corrected chi connectivity index (χ3v) is 4.37. The number of amides is 2. The Morgan fingerprint density at radius 3 is 2.79 bits per heavy atom. The third-order valence-electron chi connectivity index (χ3n) is 4.37. The molecule has 0 fully saturated rings. The van der Waals surface area contributed by atoms with Crippen molar-refractivity contribution < 1.29 is 14.1 Å². The summed E-state index contributed by atoms with van der Waals surface area (Å²) in [7, 11) is 3.33. The van der Waals surface area contributed by atoms with Gasteiger partial charge in [0.15, 0.2) is 0 Å². The quantitative estimate of drug-likeness (QED) is 0.673. The van der Waals surface area contributed by atoms with Crippen LogP contribution in [0.1, 0.15) is 31.6 Å². The number of hydrogen-bond acceptors (Lipinski definition) is 6. The zero-order valence-electron chi connectivity index (χ0n) is 16.4. The molecule has 0 radical (unpaired) electrons. The molecule has 2 aromatic heterocycles. The van der Waals surface area contributed by atoms with Gasteiger partial charge < -0.3 is 24.0 Å². The normalized spacial score (nSPS) is 11.9. The van der Waals surface area contributed by atoms with Gasteiger partial charge in [0.25, 0.3) is 0 Å². The first-order valence-electron chi connectivity index (χ1n) is 9.01. The largest absolute Gasteiger partial charge is 0.497 e. The number of carbonyl (C=O) groups excluding carboxylic acids is 1. The average Bonchev–Trinajstić information content (AvgIpc) is 3.37. The van der Waals surface area contributed by atoms with Crippen molar-refractivity contribution in [2.24, 2.45) is 0 Å². The topological polar surface area (TPSA) is 98.3 Å². The van der Waals surface area contributed by atoms with Gasteiger partial charge in [-0.15, -0.1) is 0 Å². The zero-order valence-corrected chi connectivity index (χ0v) is 16.4. The van der Waals surface area contributed by atoms with Crippen LogP contribution in [0.15, 0.2) is 41.2 Å². The summed E-state index contributed by atoms with van der Waals surface area (Å²) < 4.78 is 12.5. The molecule has 0 bridgehead atoms. The molecule has 0 saturated heterocycles. The van der Waals surface area contributed by atoms with Gasteiger partial charge in [0, 0.05) is 31.5 Å². The predicted molar refractivity (Wildman–Crippen MR) is 103 cm³/mol. The number of methoxy groups -OCH3 is 1. The van der Waals surface area contributed by atoms with Crippen molar-refractivity contribution in [3.63, 3.8) is 0 Å². The Balaban J connectivity index is 1.61. The number of hydrogen-bond donors (Lipinski definition) is 1. The molecule has 0 aliphatic carbocycles. The number of nitrogens with zero attached hydrogens (tertiary/aromatic N) is 5. The Labute approximate surface area is 163 Å². The standard InChI is InChI=1S/C19H24N6O3/c1-5-25-11-10-20-16(25)12-24(3)19(26)21-13(2)18-22-17(23-28-18)14-6-8-15(27-4)9-7-14/h6-11,13H,5,12H2,1-4H3,(H,21,26)/t13-/m0/s1. The lowest BCUT2D eigenvalue weighted by atomic mass is 10.2. The van der Waals surface area contributed by atoms with Crippen LogP contribution < -0.4 is 10.1 Å². The molecule has 0 aliphatic heterocycles. The van der Waals surface area contributed by atoms with Gasteiger partial charge in [-0.2, -0.15) is 4.98 Å². The minimum Gasteiger partial charge on any atom is -0.497 e. The predicted octanol–water partition coefficient (Wildman–Crippen LogP) is 2.86. The van der Waals surface area contributed by atoms with E-state index in [0.29, 0.717) is 18.3 Å². The minimum absolute atomic E-state index is 0.248. The maximum absolute atomic E-state index is 12.5. The first-order chi connectivity index (χ1) is 13.5. The number of carbonyl (C=O) groups is 1. The summed E-state index contributed by atoms with van der Waals surface area (Å²) in [6.07, 6.45) is 3.62. The van der Waals surface area contributed by atoms with Crippen LogP contribution in [0.5, 0.6) is 5.75 Å². The molecule has 3 rings (SSSR count). The van der Waals surface area contributed by atoms with E-state index in [-0.39, 0.29) is 6.03 Å². The minimum atomic E-state index is -0.430. The van der Waals surface area contributed by atoms with Crippen LogP contribution in [0.25, 0.3) is 11.4 Å². The number of benzene rings is 1. The molecular formula is C19H24N6O3. The Kier molecular flexibility index (Phi) is 5.93. The smallest absolute Gasteiger partial charge is 0.318 e. The van der Waals surface area contributed by atoms with E-state index in [4.69, 9.17) is 9.26 Å². The van der Waals surface area contributed by atoms with Crippen molar-refractivity contribution in [2.45, 2.75) is 33.0 Å². The zero-order chi connectivity index (χ0) is 20.1. The lowest BCUT2D eigenvalue weighted by Crippen LogP contribution is -2.38. The van der Waals surface area contributed by atoms with Crippen LogP contribution in [0.3, 0.4) is 0 Å². The summed E-state index contributed by atoms with van der Waals surface area (Å²) in [6, 6.07) is 6.67. The molecule has 2 amide bonds. The van der Waals surface area contributed by atoms with Crippen molar-refractivity contribution in [3.05, 3.63) is 48.4 Å². The Hall–Kier alpha value is -3.36. The maximum atomic E-state index is 12.5. The van der Waals surface area contributed by atoms with Crippen LogP contribution in [-0.2, 0) is 13.1 Å². The highest BCUT2D eigenvalue weighted by Crippen LogP contribution is 2.21. The summed E-state index contributed by atoms with van der Waals surface area (Å²) in [6.45, 7) is 5.03. The fourth-order valence-corrected chi connectivity index (χ4v) is 2.69. The SMILES string of the molecule is CCn1ccnc1CN(C)C(=O)N[C@@H](C)c1nc(-c2ccc(OC)cc2)no1. The van der Waals surface area contributed by atoms with Gasteiger partial charge in [0.1, 0.15) is 17.6 Å². The van der Waals surface area contributed by atoms with Gasteiger partial charge in [-0.1, -0.05) is 5.16 Å². The van der Waals surface area contributed by atoms with Gasteiger partial charge in [-0.05, 0) is 38.1 Å². The molecule has 1 atom stereocenters. The second-order valence-corrected chi connectivity index (χ2v) is 6.34. The number of aromatic nitrogens is 4. The molecule has 9 heteroatoms. The summed E-state index contributed by atoms with van der Waals surface area (Å²) in [5.74, 6) is 2.37. The van der Waals surface area contributed by atoms with Gasteiger partial charge in [0.05, 0.1) is 13.7 Å². The number of ether oxygens (including phenoxy) is 1. The van der Waals surface area contributed by atoms with E-state index in [1.165, 1.54) is 0 Å². The van der Waals surface area contributed by atoms with Crippen LogP contribution in [0.4, 0.5) is 4.79 Å². The molecule has 2 heterocycles. The first kappa shape index (κ1) is 19.4. The summed E-state index contributed by atoms with van der Waals surface area (Å²) >= 11 is 0. The molecule has 28 heavy (non-hydrogen) atoms. The van der Waals surface area contributed by atoms with E-state index < -0.39 is 6.04 Å². The van der Waals surface area contributed by atoms with Gasteiger partial charge >= 0.3 is 6.03 Å². The molecular weight excluding hydrogens is 360 g/mol.